The smallest absolute Gasteiger partial charge is 0.499 e. The number of aromatic hydroxyl groups is 1. The Kier molecular flexibility index (Phi) is 2.11. The first-order chi connectivity index (χ1) is 6.58. The summed E-state index contributed by atoms with van der Waals surface area (Å²) < 4.78 is 1.17. The molecule has 6 heteroatoms. The van der Waals surface area contributed by atoms with Crippen LogP contribution in [0.2, 0.25) is 0 Å². The molecule has 1 heterocycles. The lowest BCUT2D eigenvalue weighted by Gasteiger charge is -1.96. The summed E-state index contributed by atoms with van der Waals surface area (Å²) in [7, 11) is -1.49. The van der Waals surface area contributed by atoms with Gasteiger partial charge in [-0.1, -0.05) is 0 Å². The Morgan fingerprint density at radius 1 is 1.21 bits per heavy atom. The number of phenols is 1. The van der Waals surface area contributed by atoms with E-state index in [-0.39, 0.29) is 5.75 Å². The van der Waals surface area contributed by atoms with Crippen LogP contribution in [0.25, 0.3) is 10.1 Å². The molecular weight excluding hydrogens is 201 g/mol. The molecule has 1 aromatic heterocycles. The lowest BCUT2D eigenvalue weighted by atomic mass is 9.89. The Labute approximate surface area is 84.4 Å². The monoisotopic (exact) mass is 209 g/mol. The van der Waals surface area contributed by atoms with E-state index in [9.17, 15) is 5.11 Å². The van der Waals surface area contributed by atoms with Gasteiger partial charge in [0.1, 0.15) is 5.75 Å². The number of nitrogens with two attached hydrogens (primary N) is 1. The van der Waals surface area contributed by atoms with Crippen LogP contribution in [-0.4, -0.2) is 22.3 Å². The van der Waals surface area contributed by atoms with Gasteiger partial charge < -0.3 is 20.9 Å². The van der Waals surface area contributed by atoms with Crippen LogP contribution in [0.3, 0.4) is 0 Å². The number of hydrogen-bond acceptors (Lipinski definition) is 5. The topological polar surface area (TPSA) is 86.7 Å². The van der Waals surface area contributed by atoms with Crippen molar-refractivity contribution in [2.24, 2.45) is 0 Å². The molecule has 0 aliphatic heterocycles. The number of hydrogen-bond donors (Lipinski definition) is 4. The van der Waals surface area contributed by atoms with Crippen LogP contribution < -0.4 is 10.5 Å². The summed E-state index contributed by atoms with van der Waals surface area (Å²) >= 11 is 1.20. The van der Waals surface area contributed by atoms with Gasteiger partial charge in [0.25, 0.3) is 0 Å². The van der Waals surface area contributed by atoms with Gasteiger partial charge in [-0.3, -0.25) is 0 Å². The highest BCUT2D eigenvalue weighted by Crippen LogP contribution is 2.29. The third-order valence-electron chi connectivity index (χ3n) is 1.90. The SMILES string of the molecule is Nc1cc(O)cc2cc(B(O)O)sc12. The first-order valence-corrected chi connectivity index (χ1v) is 4.77. The van der Waals surface area contributed by atoms with Gasteiger partial charge >= 0.3 is 7.12 Å². The molecular formula is C8H8BNO3S. The Morgan fingerprint density at radius 3 is 2.57 bits per heavy atom. The summed E-state index contributed by atoms with van der Waals surface area (Å²) in [6.07, 6.45) is 0. The van der Waals surface area contributed by atoms with Crippen molar-refractivity contribution in [2.75, 3.05) is 5.73 Å². The van der Waals surface area contributed by atoms with E-state index in [1.807, 2.05) is 0 Å². The number of fused-ring (bicyclic) bond motifs is 1. The van der Waals surface area contributed by atoms with Crippen LogP contribution in [0.5, 0.6) is 5.75 Å². The zero-order chi connectivity index (χ0) is 10.3. The van der Waals surface area contributed by atoms with Gasteiger partial charge in [0.05, 0.1) is 10.4 Å². The maximum absolute atomic E-state index is 9.26. The summed E-state index contributed by atoms with van der Waals surface area (Å²) in [6, 6.07) is 4.57. The third-order valence-corrected chi connectivity index (χ3v) is 3.14. The molecule has 0 atom stereocenters. The third kappa shape index (κ3) is 1.43. The maximum atomic E-state index is 9.26. The lowest BCUT2D eigenvalue weighted by Crippen LogP contribution is -2.26. The van der Waals surface area contributed by atoms with Crippen LogP contribution in [0.1, 0.15) is 0 Å². The van der Waals surface area contributed by atoms with Gasteiger partial charge in [-0.05, 0) is 17.5 Å². The summed E-state index contributed by atoms with van der Waals surface area (Å²) in [4.78, 5) is 0. The Bertz CT molecular complexity index is 483. The van der Waals surface area contributed by atoms with Gasteiger partial charge in [0, 0.05) is 10.8 Å². The predicted octanol–water partition coefficient (Wildman–Crippen LogP) is -0.131. The van der Waals surface area contributed by atoms with Crippen molar-refractivity contribution in [3.63, 3.8) is 0 Å². The van der Waals surface area contributed by atoms with E-state index in [2.05, 4.69) is 0 Å². The maximum Gasteiger partial charge on any atom is 0.499 e. The molecule has 1 aromatic carbocycles. The Hall–Kier alpha value is -1.24. The molecule has 0 radical (unpaired) electrons. The number of benzene rings is 1. The quantitative estimate of drug-likeness (QED) is 0.389. The van der Waals surface area contributed by atoms with Gasteiger partial charge in [0.15, 0.2) is 0 Å². The second-order valence-electron chi connectivity index (χ2n) is 2.98. The van der Waals surface area contributed by atoms with Crippen molar-refractivity contribution in [1.82, 2.24) is 0 Å². The summed E-state index contributed by atoms with van der Waals surface area (Å²) in [5.41, 5.74) is 6.10. The Morgan fingerprint density at radius 2 is 1.93 bits per heavy atom. The van der Waals surface area contributed by atoms with Crippen LogP contribution in [0.4, 0.5) is 5.69 Å². The van der Waals surface area contributed by atoms with Gasteiger partial charge in [-0.25, -0.2) is 0 Å². The fraction of sp³-hybridized carbons (Fsp3) is 0. The standard InChI is InChI=1S/C8H8BNO3S/c10-6-3-5(11)1-4-2-7(9(12)13)14-8(4)6/h1-3,11-13H,10H2. The molecule has 72 valence electrons. The molecule has 0 unspecified atom stereocenters. The van der Waals surface area contributed by atoms with Crippen molar-refractivity contribution < 1.29 is 15.2 Å². The lowest BCUT2D eigenvalue weighted by molar-refractivity contribution is 0.427. The largest absolute Gasteiger partial charge is 0.508 e. The Balaban J connectivity index is 2.70. The molecule has 0 saturated carbocycles. The first-order valence-electron chi connectivity index (χ1n) is 3.96. The van der Waals surface area contributed by atoms with Crippen LogP contribution in [0, 0.1) is 0 Å². The number of rotatable bonds is 1. The van der Waals surface area contributed by atoms with Crippen LogP contribution in [0.15, 0.2) is 18.2 Å². The number of nitrogen functional groups attached to an aromatic ring is 1. The molecule has 14 heavy (non-hydrogen) atoms. The molecule has 0 spiro atoms. The molecule has 0 aliphatic carbocycles. The van der Waals surface area contributed by atoms with Crippen molar-refractivity contribution >= 4 is 39.0 Å². The molecule has 2 rings (SSSR count). The molecule has 5 N–H and O–H groups in total. The van der Waals surface area contributed by atoms with E-state index >= 15 is 0 Å². The summed E-state index contributed by atoms with van der Waals surface area (Å²) in [5.74, 6) is 0.0757. The van der Waals surface area contributed by atoms with Crippen LogP contribution >= 0.6 is 11.3 Å². The number of anilines is 1. The van der Waals surface area contributed by atoms with Crippen molar-refractivity contribution in [2.45, 2.75) is 0 Å². The minimum atomic E-state index is -1.49. The van der Waals surface area contributed by atoms with Gasteiger partial charge in [-0.15, -0.1) is 11.3 Å². The molecule has 0 aliphatic rings. The van der Waals surface area contributed by atoms with E-state index in [4.69, 9.17) is 15.8 Å². The molecule has 0 bridgehead atoms. The fourth-order valence-corrected chi connectivity index (χ4v) is 2.25. The molecule has 0 amide bonds. The van der Waals surface area contributed by atoms with E-state index in [0.717, 1.165) is 10.1 Å². The summed E-state index contributed by atoms with van der Waals surface area (Å²) in [6.45, 7) is 0. The minimum Gasteiger partial charge on any atom is -0.508 e. The van der Waals surface area contributed by atoms with Gasteiger partial charge in [-0.2, -0.15) is 0 Å². The normalized spacial score (nSPS) is 10.7. The number of thiophene rings is 1. The predicted molar refractivity (Wildman–Crippen MR) is 57.7 cm³/mol. The number of phenolic OH excluding ortho intramolecular Hbond substituents is 1. The van der Waals surface area contributed by atoms with Crippen molar-refractivity contribution in [1.29, 1.82) is 0 Å². The summed E-state index contributed by atoms with van der Waals surface area (Å²) in [5, 5.41) is 27.9. The first kappa shape index (κ1) is 9.33. The zero-order valence-electron chi connectivity index (χ0n) is 7.14. The second-order valence-corrected chi connectivity index (χ2v) is 4.06. The fourth-order valence-electron chi connectivity index (χ4n) is 1.31. The van der Waals surface area contributed by atoms with Crippen molar-refractivity contribution in [3.8, 4) is 5.75 Å². The highest BCUT2D eigenvalue weighted by Gasteiger charge is 2.15. The van der Waals surface area contributed by atoms with E-state index in [1.165, 1.54) is 23.5 Å². The highest BCUT2D eigenvalue weighted by atomic mass is 32.1. The van der Waals surface area contributed by atoms with Crippen molar-refractivity contribution in [3.05, 3.63) is 18.2 Å². The average Bonchev–Trinajstić information content (AvgIpc) is 2.47. The van der Waals surface area contributed by atoms with E-state index < -0.39 is 7.12 Å². The van der Waals surface area contributed by atoms with Gasteiger partial charge in [0.2, 0.25) is 0 Å². The molecule has 4 nitrogen and oxygen atoms in total. The highest BCUT2D eigenvalue weighted by molar-refractivity contribution is 7.28. The average molecular weight is 209 g/mol. The molecule has 0 fully saturated rings. The molecule has 0 saturated heterocycles. The van der Waals surface area contributed by atoms with Crippen LogP contribution in [-0.2, 0) is 0 Å². The zero-order valence-corrected chi connectivity index (χ0v) is 7.95. The molecule has 2 aromatic rings. The van der Waals surface area contributed by atoms with E-state index in [0.29, 0.717) is 10.5 Å². The minimum absolute atomic E-state index is 0.0757. The van der Waals surface area contributed by atoms with E-state index in [1.54, 1.807) is 6.07 Å². The second kappa shape index (κ2) is 3.16.